The average Bonchev–Trinajstić information content (AvgIpc) is 2.15. The number of hydrogen-bond acceptors (Lipinski definition) is 2. The van der Waals surface area contributed by atoms with Crippen molar-refractivity contribution in [3.8, 4) is 0 Å². The lowest BCUT2D eigenvalue weighted by molar-refractivity contribution is -0.122. The molecule has 92 valence electrons. The Morgan fingerprint density at radius 3 is 1.88 bits per heavy atom. The zero-order valence-electron chi connectivity index (χ0n) is 10.0. The summed E-state index contributed by atoms with van der Waals surface area (Å²) >= 11 is 2.09. The van der Waals surface area contributed by atoms with Gasteiger partial charge in [0.25, 0.3) is 6.47 Å². The molecule has 0 aromatic carbocycles. The monoisotopic (exact) mass is 242 g/mol. The van der Waals surface area contributed by atoms with E-state index in [-0.39, 0.29) is 6.47 Å². The smallest absolute Gasteiger partial charge is 0.290 e. The van der Waals surface area contributed by atoms with Crippen LogP contribution in [0.4, 0.5) is 0 Å². The highest BCUT2D eigenvalue weighted by Crippen LogP contribution is 2.60. The predicted molar refractivity (Wildman–Crippen MR) is 67.7 cm³/mol. The molecular formula is C13H22O2S. The first-order valence-corrected chi connectivity index (χ1v) is 7.67. The van der Waals surface area contributed by atoms with Crippen LogP contribution in [0.5, 0.6) is 0 Å². The van der Waals surface area contributed by atoms with E-state index in [0.29, 0.717) is 0 Å². The molecule has 0 spiro atoms. The highest BCUT2D eigenvalue weighted by molar-refractivity contribution is 7.98. The van der Waals surface area contributed by atoms with E-state index in [2.05, 4.69) is 18.0 Å². The summed E-state index contributed by atoms with van der Waals surface area (Å²) < 4.78 is 0. The van der Waals surface area contributed by atoms with Gasteiger partial charge in [0.15, 0.2) is 0 Å². The first-order valence-electron chi connectivity index (χ1n) is 6.28. The van der Waals surface area contributed by atoms with E-state index in [9.17, 15) is 0 Å². The molecule has 0 amide bonds. The van der Waals surface area contributed by atoms with E-state index in [1.54, 1.807) is 38.5 Å². The minimum atomic E-state index is -0.250. The lowest BCUT2D eigenvalue weighted by atomic mass is 9.50. The van der Waals surface area contributed by atoms with Crippen LogP contribution < -0.4 is 0 Å². The molecule has 0 aromatic heterocycles. The van der Waals surface area contributed by atoms with Crippen LogP contribution in [0.25, 0.3) is 0 Å². The lowest BCUT2D eigenvalue weighted by Gasteiger charge is -2.56. The van der Waals surface area contributed by atoms with Crippen LogP contribution in [0.2, 0.25) is 0 Å². The summed E-state index contributed by atoms with van der Waals surface area (Å²) in [6.07, 6.45) is 11.8. The van der Waals surface area contributed by atoms with Crippen molar-refractivity contribution in [2.24, 2.45) is 23.2 Å². The van der Waals surface area contributed by atoms with Crippen LogP contribution in [0, 0.1) is 23.2 Å². The number of carbonyl (C=O) groups is 1. The van der Waals surface area contributed by atoms with Crippen LogP contribution in [0.15, 0.2) is 0 Å². The van der Waals surface area contributed by atoms with E-state index in [4.69, 9.17) is 9.90 Å². The fourth-order valence-electron chi connectivity index (χ4n) is 4.77. The fraction of sp³-hybridized carbons (Fsp3) is 0.923. The van der Waals surface area contributed by atoms with E-state index in [0.717, 1.165) is 23.2 Å². The number of thioether (sulfide) groups is 1. The minimum Gasteiger partial charge on any atom is -0.483 e. The van der Waals surface area contributed by atoms with Gasteiger partial charge in [-0.1, -0.05) is 0 Å². The molecule has 4 fully saturated rings. The van der Waals surface area contributed by atoms with Crippen LogP contribution in [0.3, 0.4) is 0 Å². The SMILES string of the molecule is CSCC12CC3CC(CC(C3)C1)C2.O=CO. The van der Waals surface area contributed by atoms with Gasteiger partial charge in [-0.3, -0.25) is 4.79 Å². The first-order chi connectivity index (χ1) is 7.71. The third-order valence-electron chi connectivity index (χ3n) is 4.62. The Balaban J connectivity index is 0.000000292. The third-order valence-corrected chi connectivity index (χ3v) is 5.52. The Morgan fingerprint density at radius 1 is 1.19 bits per heavy atom. The van der Waals surface area contributed by atoms with Gasteiger partial charge in [0, 0.05) is 0 Å². The molecule has 16 heavy (non-hydrogen) atoms. The van der Waals surface area contributed by atoms with E-state index in [1.165, 1.54) is 5.75 Å². The van der Waals surface area contributed by atoms with Crippen molar-refractivity contribution in [3.63, 3.8) is 0 Å². The molecule has 2 nitrogen and oxygen atoms in total. The number of rotatable bonds is 2. The summed E-state index contributed by atoms with van der Waals surface area (Å²) in [5.41, 5.74) is 0.814. The second-order valence-corrected chi connectivity index (χ2v) is 6.82. The Bertz CT molecular complexity index is 217. The third kappa shape index (κ3) is 2.39. The van der Waals surface area contributed by atoms with Gasteiger partial charge in [0.2, 0.25) is 0 Å². The largest absolute Gasteiger partial charge is 0.483 e. The molecule has 1 N–H and O–H groups in total. The quantitative estimate of drug-likeness (QED) is 0.755. The van der Waals surface area contributed by atoms with Crippen LogP contribution in [0.1, 0.15) is 38.5 Å². The zero-order valence-corrected chi connectivity index (χ0v) is 10.8. The summed E-state index contributed by atoms with van der Waals surface area (Å²) in [5.74, 6) is 4.87. The first kappa shape index (κ1) is 12.3. The zero-order chi connectivity index (χ0) is 11.6. The molecule has 0 aromatic rings. The maximum absolute atomic E-state index is 8.36. The molecule has 4 aliphatic carbocycles. The van der Waals surface area contributed by atoms with E-state index < -0.39 is 0 Å². The Labute approximate surface area is 102 Å². The van der Waals surface area contributed by atoms with Crippen molar-refractivity contribution in [1.29, 1.82) is 0 Å². The van der Waals surface area contributed by atoms with Crippen LogP contribution in [-0.2, 0) is 4.79 Å². The van der Waals surface area contributed by atoms with Crippen LogP contribution >= 0.6 is 11.8 Å². The summed E-state index contributed by atoms with van der Waals surface area (Å²) in [6.45, 7) is -0.250. The molecule has 0 aliphatic heterocycles. The van der Waals surface area contributed by atoms with Gasteiger partial charge in [-0.2, -0.15) is 11.8 Å². The van der Waals surface area contributed by atoms with Crippen LogP contribution in [-0.4, -0.2) is 23.6 Å². The summed E-state index contributed by atoms with van der Waals surface area (Å²) in [4.78, 5) is 8.36. The fourth-order valence-corrected chi connectivity index (χ4v) is 5.74. The van der Waals surface area contributed by atoms with Gasteiger partial charge < -0.3 is 5.11 Å². The Kier molecular flexibility index (Phi) is 3.83. The molecule has 0 unspecified atom stereocenters. The summed E-state index contributed by atoms with van der Waals surface area (Å²) in [7, 11) is 0. The summed E-state index contributed by atoms with van der Waals surface area (Å²) in [6, 6.07) is 0. The maximum Gasteiger partial charge on any atom is 0.290 e. The molecule has 0 radical (unpaired) electrons. The van der Waals surface area contributed by atoms with Gasteiger partial charge in [0.1, 0.15) is 0 Å². The van der Waals surface area contributed by atoms with Crippen molar-refractivity contribution in [2.45, 2.75) is 38.5 Å². The molecule has 0 saturated heterocycles. The maximum atomic E-state index is 8.36. The molecule has 0 atom stereocenters. The van der Waals surface area contributed by atoms with Crippen molar-refractivity contribution in [3.05, 3.63) is 0 Å². The molecule has 0 heterocycles. The topological polar surface area (TPSA) is 37.3 Å². The van der Waals surface area contributed by atoms with Crippen molar-refractivity contribution in [2.75, 3.05) is 12.0 Å². The standard InChI is InChI=1S/C12H20S.CH2O2/c1-13-8-12-5-9-2-10(6-12)4-11(3-9)7-12;2-1-3/h9-11H,2-8H2,1H3;1H,(H,2,3). The van der Waals surface area contributed by atoms with Gasteiger partial charge in [-0.05, 0) is 73.7 Å². The molecule has 4 rings (SSSR count). The molecule has 3 heteroatoms. The van der Waals surface area contributed by atoms with Crippen molar-refractivity contribution >= 4 is 18.2 Å². The number of hydrogen-bond donors (Lipinski definition) is 1. The molecular weight excluding hydrogens is 220 g/mol. The average molecular weight is 242 g/mol. The second-order valence-electron chi connectivity index (χ2n) is 5.96. The highest BCUT2D eigenvalue weighted by atomic mass is 32.2. The molecule has 4 aliphatic rings. The highest BCUT2D eigenvalue weighted by Gasteiger charge is 2.50. The lowest BCUT2D eigenvalue weighted by Crippen LogP contribution is -2.47. The molecule has 4 saturated carbocycles. The van der Waals surface area contributed by atoms with E-state index in [1.807, 2.05) is 0 Å². The predicted octanol–water partition coefficient (Wildman–Crippen LogP) is 3.27. The second kappa shape index (κ2) is 4.99. The van der Waals surface area contributed by atoms with Crippen molar-refractivity contribution in [1.82, 2.24) is 0 Å². The Morgan fingerprint density at radius 2 is 1.56 bits per heavy atom. The normalized spacial score (nSPS) is 43.7. The number of carboxylic acid groups (broad SMARTS) is 1. The summed E-state index contributed by atoms with van der Waals surface area (Å²) in [5, 5.41) is 6.89. The van der Waals surface area contributed by atoms with Gasteiger partial charge in [-0.15, -0.1) is 0 Å². The molecule has 4 bridgehead atoms. The Hall–Kier alpha value is -0.180. The van der Waals surface area contributed by atoms with Gasteiger partial charge >= 0.3 is 0 Å². The van der Waals surface area contributed by atoms with Crippen molar-refractivity contribution < 1.29 is 9.90 Å². The van der Waals surface area contributed by atoms with E-state index >= 15 is 0 Å². The van der Waals surface area contributed by atoms with Gasteiger partial charge in [-0.25, -0.2) is 0 Å². The minimum absolute atomic E-state index is 0.250. The van der Waals surface area contributed by atoms with Gasteiger partial charge in [0.05, 0.1) is 0 Å².